The Morgan fingerprint density at radius 2 is 1.75 bits per heavy atom. The number of benzene rings is 2. The predicted octanol–water partition coefficient (Wildman–Crippen LogP) is 2.59. The summed E-state index contributed by atoms with van der Waals surface area (Å²) in [6.07, 6.45) is 0.728. The minimum Gasteiger partial charge on any atom is -0.490 e. The maximum absolute atomic E-state index is 13.9. The summed E-state index contributed by atoms with van der Waals surface area (Å²) in [6, 6.07) is 8.75. The van der Waals surface area contributed by atoms with Gasteiger partial charge in [-0.25, -0.2) is 12.8 Å². The number of nitrogens with zero attached hydrogens (tertiary/aromatic N) is 2. The first-order valence-electron chi connectivity index (χ1n) is 10.2. The van der Waals surface area contributed by atoms with Crippen molar-refractivity contribution in [1.82, 2.24) is 9.21 Å². The van der Waals surface area contributed by atoms with Gasteiger partial charge in [-0.2, -0.15) is 4.31 Å². The second-order valence-electron chi connectivity index (χ2n) is 7.42. The van der Waals surface area contributed by atoms with E-state index in [1.807, 2.05) is 0 Å². The van der Waals surface area contributed by atoms with Gasteiger partial charge < -0.3 is 19.7 Å². The highest BCUT2D eigenvalue weighted by Gasteiger charge is 2.31. The van der Waals surface area contributed by atoms with Crippen LogP contribution in [0.4, 0.5) is 10.1 Å². The fraction of sp³-hybridized carbons (Fsp3) is 0.381. The average molecular weight is 484 g/mol. The molecule has 0 atom stereocenters. The number of hydrogen-bond acceptors (Lipinski definition) is 6. The summed E-state index contributed by atoms with van der Waals surface area (Å²) < 4.78 is 52.5. The molecule has 2 heterocycles. The van der Waals surface area contributed by atoms with E-state index in [4.69, 9.17) is 21.1 Å². The van der Waals surface area contributed by atoms with Crippen LogP contribution in [0.25, 0.3) is 0 Å². The van der Waals surface area contributed by atoms with Crippen molar-refractivity contribution in [2.24, 2.45) is 0 Å². The topological polar surface area (TPSA) is 88.2 Å². The number of carbonyl (C=O) groups is 1. The van der Waals surface area contributed by atoms with Gasteiger partial charge in [-0.3, -0.25) is 4.79 Å². The van der Waals surface area contributed by atoms with Crippen molar-refractivity contribution in [3.05, 3.63) is 47.2 Å². The molecule has 2 aliphatic rings. The van der Waals surface area contributed by atoms with Crippen LogP contribution in [0.1, 0.15) is 6.42 Å². The molecule has 0 unspecified atom stereocenters. The van der Waals surface area contributed by atoms with Gasteiger partial charge in [0.15, 0.2) is 11.5 Å². The van der Waals surface area contributed by atoms with Gasteiger partial charge in [0.25, 0.3) is 0 Å². The van der Waals surface area contributed by atoms with E-state index >= 15 is 0 Å². The minimum absolute atomic E-state index is 0.104. The Kier molecular flexibility index (Phi) is 6.73. The van der Waals surface area contributed by atoms with Crippen molar-refractivity contribution in [1.29, 1.82) is 0 Å². The lowest BCUT2D eigenvalue weighted by Crippen LogP contribution is -2.51. The van der Waals surface area contributed by atoms with Gasteiger partial charge in [-0.1, -0.05) is 11.6 Å². The highest BCUT2D eigenvalue weighted by molar-refractivity contribution is 7.89. The zero-order valence-electron chi connectivity index (χ0n) is 17.2. The van der Waals surface area contributed by atoms with E-state index in [9.17, 15) is 17.6 Å². The smallest absolute Gasteiger partial charge is 0.243 e. The minimum atomic E-state index is -3.74. The molecule has 8 nitrogen and oxygen atoms in total. The van der Waals surface area contributed by atoms with Crippen LogP contribution in [0.2, 0.25) is 5.02 Å². The van der Waals surface area contributed by atoms with Crippen molar-refractivity contribution in [2.75, 3.05) is 51.3 Å². The van der Waals surface area contributed by atoms with Crippen LogP contribution in [-0.4, -0.2) is 69.5 Å². The Morgan fingerprint density at radius 3 is 2.47 bits per heavy atom. The van der Waals surface area contributed by atoms with Gasteiger partial charge in [0, 0.05) is 43.7 Å². The quantitative estimate of drug-likeness (QED) is 0.703. The number of amides is 1. The van der Waals surface area contributed by atoms with E-state index in [-0.39, 0.29) is 54.2 Å². The number of fused-ring (bicyclic) bond motifs is 1. The standard InChI is InChI=1S/C21H23ClFN3O5S/c22-15-2-4-18(17(23)12-15)24-14-21(27)25-6-8-26(9-7-25)32(28,29)16-3-5-19-20(13-16)31-11-1-10-30-19/h2-5,12-13,24H,1,6-11,14H2. The Balaban J connectivity index is 1.35. The molecule has 2 aromatic carbocycles. The van der Waals surface area contributed by atoms with Crippen LogP contribution in [0.5, 0.6) is 11.5 Å². The average Bonchev–Trinajstić information content (AvgIpc) is 3.03. The summed E-state index contributed by atoms with van der Waals surface area (Å²) in [5.74, 6) is 0.155. The number of rotatable bonds is 5. The first kappa shape index (κ1) is 22.6. The second-order valence-corrected chi connectivity index (χ2v) is 9.80. The van der Waals surface area contributed by atoms with Crippen molar-refractivity contribution in [3.63, 3.8) is 0 Å². The zero-order valence-corrected chi connectivity index (χ0v) is 18.8. The van der Waals surface area contributed by atoms with Crippen LogP contribution in [0.3, 0.4) is 0 Å². The molecule has 1 saturated heterocycles. The number of sulfonamides is 1. The molecule has 0 bridgehead atoms. The van der Waals surface area contributed by atoms with Gasteiger partial charge in [0.05, 0.1) is 30.3 Å². The van der Waals surface area contributed by atoms with Crippen LogP contribution in [0.15, 0.2) is 41.3 Å². The van der Waals surface area contributed by atoms with E-state index in [1.165, 1.54) is 28.6 Å². The molecule has 1 fully saturated rings. The Hall–Kier alpha value is -2.56. The van der Waals surface area contributed by atoms with Gasteiger partial charge >= 0.3 is 0 Å². The maximum Gasteiger partial charge on any atom is 0.243 e. The Labute approximate surface area is 190 Å². The molecule has 4 rings (SSSR count). The molecule has 0 radical (unpaired) electrons. The summed E-state index contributed by atoms with van der Waals surface area (Å²) in [4.78, 5) is 14.2. The molecule has 0 saturated carbocycles. The van der Waals surface area contributed by atoms with E-state index in [0.29, 0.717) is 24.7 Å². The zero-order chi connectivity index (χ0) is 22.7. The summed E-state index contributed by atoms with van der Waals surface area (Å²) in [6.45, 7) is 1.70. The third kappa shape index (κ3) is 4.92. The molecule has 0 spiro atoms. The molecule has 0 aromatic heterocycles. The van der Waals surface area contributed by atoms with Gasteiger partial charge in [0.1, 0.15) is 5.82 Å². The highest BCUT2D eigenvalue weighted by Crippen LogP contribution is 2.33. The number of carbonyl (C=O) groups excluding carboxylic acids is 1. The van der Waals surface area contributed by atoms with Crippen molar-refractivity contribution >= 4 is 33.2 Å². The molecular weight excluding hydrogens is 461 g/mol. The highest BCUT2D eigenvalue weighted by atomic mass is 35.5. The number of anilines is 1. The summed E-state index contributed by atoms with van der Waals surface area (Å²) >= 11 is 5.73. The monoisotopic (exact) mass is 483 g/mol. The maximum atomic E-state index is 13.9. The van der Waals surface area contributed by atoms with Gasteiger partial charge in [-0.15, -0.1) is 0 Å². The molecule has 1 amide bonds. The van der Waals surface area contributed by atoms with E-state index in [2.05, 4.69) is 5.32 Å². The van der Waals surface area contributed by atoms with Crippen LogP contribution >= 0.6 is 11.6 Å². The van der Waals surface area contributed by atoms with E-state index < -0.39 is 15.8 Å². The lowest BCUT2D eigenvalue weighted by molar-refractivity contribution is -0.130. The summed E-state index contributed by atoms with van der Waals surface area (Å²) in [5, 5.41) is 3.02. The molecule has 11 heteroatoms. The van der Waals surface area contributed by atoms with Crippen molar-refractivity contribution < 1.29 is 27.1 Å². The molecule has 32 heavy (non-hydrogen) atoms. The fourth-order valence-corrected chi connectivity index (χ4v) is 5.14. The number of piperazine rings is 1. The third-order valence-electron chi connectivity index (χ3n) is 5.31. The molecular formula is C21H23ClFN3O5S. The number of halogens is 2. The summed E-state index contributed by atoms with van der Waals surface area (Å²) in [5.41, 5.74) is 0.179. The summed E-state index contributed by atoms with van der Waals surface area (Å²) in [7, 11) is -3.74. The SMILES string of the molecule is O=C(CNc1ccc(Cl)cc1F)N1CCN(S(=O)(=O)c2ccc3c(c2)OCCCO3)CC1. The largest absolute Gasteiger partial charge is 0.490 e. The molecule has 2 aromatic rings. The third-order valence-corrected chi connectivity index (χ3v) is 7.44. The van der Waals surface area contributed by atoms with E-state index in [0.717, 1.165) is 12.5 Å². The Bertz CT molecular complexity index is 1110. The van der Waals surface area contributed by atoms with Gasteiger partial charge in [0.2, 0.25) is 15.9 Å². The number of ether oxygens (including phenoxy) is 2. The second kappa shape index (κ2) is 9.51. The molecule has 1 N–H and O–H groups in total. The van der Waals surface area contributed by atoms with Crippen molar-refractivity contribution in [2.45, 2.75) is 11.3 Å². The van der Waals surface area contributed by atoms with Crippen LogP contribution in [0, 0.1) is 5.82 Å². The molecule has 0 aliphatic carbocycles. The lowest BCUT2D eigenvalue weighted by atomic mass is 10.3. The fourth-order valence-electron chi connectivity index (χ4n) is 3.55. The Morgan fingerprint density at radius 1 is 1.03 bits per heavy atom. The lowest BCUT2D eigenvalue weighted by Gasteiger charge is -2.34. The van der Waals surface area contributed by atoms with E-state index in [1.54, 1.807) is 11.0 Å². The normalized spacial score (nSPS) is 17.0. The molecule has 172 valence electrons. The number of hydrogen-bond donors (Lipinski definition) is 1. The van der Waals surface area contributed by atoms with Crippen molar-refractivity contribution in [3.8, 4) is 11.5 Å². The van der Waals surface area contributed by atoms with Crippen LogP contribution in [-0.2, 0) is 14.8 Å². The predicted molar refractivity (Wildman–Crippen MR) is 117 cm³/mol. The van der Waals surface area contributed by atoms with Crippen LogP contribution < -0.4 is 14.8 Å². The molecule has 2 aliphatic heterocycles. The first-order chi connectivity index (χ1) is 15.3. The van der Waals surface area contributed by atoms with Gasteiger partial charge in [-0.05, 0) is 30.3 Å². The first-order valence-corrected chi connectivity index (χ1v) is 12.0. The number of nitrogens with one attached hydrogen (secondary N) is 1.